The number of hydrogen-bond donors (Lipinski definition) is 1. The van der Waals surface area contributed by atoms with E-state index in [9.17, 15) is 13.2 Å². The van der Waals surface area contributed by atoms with Crippen molar-refractivity contribution in [2.45, 2.75) is 25.7 Å². The van der Waals surface area contributed by atoms with Crippen LogP contribution in [0.5, 0.6) is 0 Å². The molecule has 6 heteroatoms. The molecule has 0 spiro atoms. The van der Waals surface area contributed by atoms with E-state index in [1.54, 1.807) is 0 Å². The molecule has 2 rings (SSSR count). The molecule has 0 aromatic carbocycles. The van der Waals surface area contributed by atoms with Gasteiger partial charge in [-0.15, -0.1) is 0 Å². The first kappa shape index (κ1) is 11.9. The van der Waals surface area contributed by atoms with E-state index in [1.807, 2.05) is 0 Å². The van der Waals surface area contributed by atoms with Gasteiger partial charge in [-0.1, -0.05) is 6.42 Å². The van der Waals surface area contributed by atoms with Crippen LogP contribution in [0.4, 0.5) is 0 Å². The lowest BCUT2D eigenvalue weighted by Gasteiger charge is -2.16. The molecule has 5 nitrogen and oxygen atoms in total. The van der Waals surface area contributed by atoms with Crippen LogP contribution in [-0.4, -0.2) is 42.6 Å². The largest absolute Gasteiger partial charge is 0.481 e. The second-order valence-corrected chi connectivity index (χ2v) is 6.82. The summed E-state index contributed by atoms with van der Waals surface area (Å²) >= 11 is 0. The van der Waals surface area contributed by atoms with E-state index < -0.39 is 16.0 Å². The number of sulfonamides is 1. The molecule has 2 aliphatic rings. The zero-order valence-electron chi connectivity index (χ0n) is 9.13. The minimum atomic E-state index is -3.34. The second-order valence-electron chi connectivity index (χ2n) is 4.73. The Morgan fingerprint density at radius 1 is 1.25 bits per heavy atom. The molecular weight excluding hydrogens is 230 g/mol. The van der Waals surface area contributed by atoms with Crippen LogP contribution in [0, 0.1) is 11.8 Å². The fourth-order valence-corrected chi connectivity index (χ4v) is 4.29. The summed E-state index contributed by atoms with van der Waals surface area (Å²) in [6.45, 7) is 1.21. The molecule has 1 aliphatic heterocycles. The molecule has 1 saturated carbocycles. The van der Waals surface area contributed by atoms with Crippen LogP contribution in [0.3, 0.4) is 0 Å². The number of nitrogens with zero attached hydrogens (tertiary/aromatic N) is 1. The van der Waals surface area contributed by atoms with Crippen molar-refractivity contribution in [3.8, 4) is 0 Å². The smallest absolute Gasteiger partial charge is 0.304 e. The number of fused-ring (bicyclic) bond motifs is 1. The molecular formula is C10H17NO4S. The summed E-state index contributed by atoms with van der Waals surface area (Å²) in [5.41, 5.74) is 0. The minimum Gasteiger partial charge on any atom is -0.481 e. The number of rotatable bonds is 4. The van der Waals surface area contributed by atoms with Crippen LogP contribution < -0.4 is 0 Å². The normalized spacial score (nSPS) is 30.5. The molecule has 92 valence electrons. The molecule has 1 heterocycles. The molecule has 16 heavy (non-hydrogen) atoms. The third-order valence-electron chi connectivity index (χ3n) is 3.66. The van der Waals surface area contributed by atoms with Crippen LogP contribution in [-0.2, 0) is 14.8 Å². The third kappa shape index (κ3) is 2.38. The summed E-state index contributed by atoms with van der Waals surface area (Å²) in [6, 6.07) is 0. The van der Waals surface area contributed by atoms with Crippen molar-refractivity contribution in [1.29, 1.82) is 0 Å². The number of carbonyl (C=O) groups is 1. The number of hydrogen-bond acceptors (Lipinski definition) is 3. The Morgan fingerprint density at radius 2 is 1.81 bits per heavy atom. The summed E-state index contributed by atoms with van der Waals surface area (Å²) in [5.74, 6) is -0.288. The van der Waals surface area contributed by atoms with Crippen molar-refractivity contribution in [1.82, 2.24) is 4.31 Å². The predicted octanol–water partition coefficient (Wildman–Crippen LogP) is 0.523. The van der Waals surface area contributed by atoms with Crippen molar-refractivity contribution in [3.05, 3.63) is 0 Å². The van der Waals surface area contributed by atoms with Crippen molar-refractivity contribution < 1.29 is 18.3 Å². The Bertz CT molecular complexity index is 366. The maximum Gasteiger partial charge on any atom is 0.304 e. The van der Waals surface area contributed by atoms with E-state index in [4.69, 9.17) is 5.11 Å². The molecule has 1 saturated heterocycles. The highest BCUT2D eigenvalue weighted by atomic mass is 32.2. The van der Waals surface area contributed by atoms with Crippen molar-refractivity contribution in [2.75, 3.05) is 18.8 Å². The molecule has 1 N–H and O–H groups in total. The fraction of sp³-hybridized carbons (Fsp3) is 0.900. The van der Waals surface area contributed by atoms with Crippen LogP contribution in [0.15, 0.2) is 0 Å². The molecule has 2 atom stereocenters. The lowest BCUT2D eigenvalue weighted by atomic mass is 10.0. The summed E-state index contributed by atoms with van der Waals surface area (Å²) in [5, 5.41) is 8.50. The number of carboxylic acids is 1. The highest BCUT2D eigenvalue weighted by Gasteiger charge is 2.40. The molecule has 2 fully saturated rings. The van der Waals surface area contributed by atoms with Gasteiger partial charge in [-0.05, 0) is 24.7 Å². The topological polar surface area (TPSA) is 74.7 Å². The monoisotopic (exact) mass is 247 g/mol. The first-order chi connectivity index (χ1) is 7.49. The minimum absolute atomic E-state index is 0.262. The van der Waals surface area contributed by atoms with Crippen LogP contribution >= 0.6 is 0 Å². The zero-order valence-corrected chi connectivity index (χ0v) is 9.95. The second kappa shape index (κ2) is 4.33. The van der Waals surface area contributed by atoms with E-state index in [1.165, 1.54) is 10.7 Å². The number of aliphatic carboxylic acids is 1. The van der Waals surface area contributed by atoms with E-state index in [-0.39, 0.29) is 12.2 Å². The van der Waals surface area contributed by atoms with Gasteiger partial charge in [-0.25, -0.2) is 12.7 Å². The molecule has 2 unspecified atom stereocenters. The van der Waals surface area contributed by atoms with E-state index in [2.05, 4.69) is 0 Å². The average Bonchev–Trinajstić information content (AvgIpc) is 2.73. The van der Waals surface area contributed by atoms with E-state index in [0.29, 0.717) is 24.9 Å². The third-order valence-corrected chi connectivity index (χ3v) is 5.47. The highest BCUT2D eigenvalue weighted by Crippen LogP contribution is 2.38. The van der Waals surface area contributed by atoms with Gasteiger partial charge in [0.2, 0.25) is 10.0 Å². The highest BCUT2D eigenvalue weighted by molar-refractivity contribution is 7.89. The number of carboxylic acid groups (broad SMARTS) is 1. The van der Waals surface area contributed by atoms with Gasteiger partial charge >= 0.3 is 5.97 Å². The first-order valence-electron chi connectivity index (χ1n) is 5.68. The molecule has 1 aliphatic carbocycles. The molecule has 0 aromatic heterocycles. The molecule has 0 amide bonds. The maximum absolute atomic E-state index is 11.8. The average molecular weight is 247 g/mol. The Kier molecular flexibility index (Phi) is 3.21. The van der Waals surface area contributed by atoms with Gasteiger partial charge in [-0.2, -0.15) is 0 Å². The predicted molar refractivity (Wildman–Crippen MR) is 58.4 cm³/mol. The van der Waals surface area contributed by atoms with E-state index >= 15 is 0 Å². The van der Waals surface area contributed by atoms with Gasteiger partial charge < -0.3 is 5.11 Å². The van der Waals surface area contributed by atoms with Crippen LogP contribution in [0.2, 0.25) is 0 Å². The first-order valence-corrected chi connectivity index (χ1v) is 7.29. The van der Waals surface area contributed by atoms with Gasteiger partial charge in [0.15, 0.2) is 0 Å². The van der Waals surface area contributed by atoms with E-state index in [0.717, 1.165) is 12.8 Å². The summed E-state index contributed by atoms with van der Waals surface area (Å²) in [4.78, 5) is 10.4. The Balaban J connectivity index is 1.95. The molecule has 0 aromatic rings. The van der Waals surface area contributed by atoms with Gasteiger partial charge in [0.1, 0.15) is 0 Å². The molecule has 0 radical (unpaired) electrons. The Morgan fingerprint density at radius 3 is 2.31 bits per heavy atom. The summed E-state index contributed by atoms with van der Waals surface area (Å²) < 4.78 is 25.2. The SMILES string of the molecule is O=C(O)CCS(=O)(=O)N1CC2CCCC2C1. The van der Waals surface area contributed by atoms with Crippen molar-refractivity contribution in [3.63, 3.8) is 0 Å². The summed E-state index contributed by atoms with van der Waals surface area (Å²) in [7, 11) is -3.34. The van der Waals surface area contributed by atoms with Gasteiger partial charge in [-0.3, -0.25) is 4.79 Å². The molecule has 0 bridgehead atoms. The lowest BCUT2D eigenvalue weighted by Crippen LogP contribution is -2.32. The fourth-order valence-electron chi connectivity index (χ4n) is 2.76. The summed E-state index contributed by atoms with van der Waals surface area (Å²) in [6.07, 6.45) is 3.15. The van der Waals surface area contributed by atoms with Gasteiger partial charge in [0.25, 0.3) is 0 Å². The van der Waals surface area contributed by atoms with Crippen molar-refractivity contribution in [2.24, 2.45) is 11.8 Å². The quantitative estimate of drug-likeness (QED) is 0.786. The van der Waals surface area contributed by atoms with Crippen LogP contribution in [0.1, 0.15) is 25.7 Å². The van der Waals surface area contributed by atoms with Crippen molar-refractivity contribution >= 4 is 16.0 Å². The Labute approximate surface area is 95.5 Å². The maximum atomic E-state index is 11.8. The zero-order chi connectivity index (χ0) is 11.8. The Hall–Kier alpha value is -0.620. The van der Waals surface area contributed by atoms with Gasteiger partial charge in [0, 0.05) is 13.1 Å². The van der Waals surface area contributed by atoms with Gasteiger partial charge in [0.05, 0.1) is 12.2 Å². The standard InChI is InChI=1S/C10H17NO4S/c12-10(13)4-5-16(14,15)11-6-8-2-1-3-9(8)7-11/h8-9H,1-7H2,(H,12,13). The lowest BCUT2D eigenvalue weighted by molar-refractivity contribution is -0.136. The van der Waals surface area contributed by atoms with Crippen LogP contribution in [0.25, 0.3) is 0 Å².